The van der Waals surface area contributed by atoms with E-state index < -0.39 is 15.5 Å². The highest BCUT2D eigenvalue weighted by Crippen LogP contribution is 2.29. The zero-order valence-corrected chi connectivity index (χ0v) is 13.7. The molecule has 0 saturated heterocycles. The molecule has 0 spiro atoms. The van der Waals surface area contributed by atoms with Crippen LogP contribution in [0, 0.1) is 5.82 Å². The van der Waals surface area contributed by atoms with E-state index >= 15 is 0 Å². The molecule has 0 aliphatic rings. The maximum Gasteiger partial charge on any atom is 0.271 e. The molecule has 24 heavy (non-hydrogen) atoms. The SMILES string of the molecule is CS(C)(=O)=Nc1cc(F)c2c(Nc3ccc[nH]c3=O)ncnc2c1. The zero-order valence-electron chi connectivity index (χ0n) is 12.9. The molecule has 0 aliphatic heterocycles. The molecule has 0 aliphatic carbocycles. The Kier molecular flexibility index (Phi) is 4.02. The second-order valence-electron chi connectivity index (χ2n) is 5.35. The molecule has 0 fully saturated rings. The number of H-pyrrole nitrogens is 1. The van der Waals surface area contributed by atoms with Crippen molar-refractivity contribution in [2.75, 3.05) is 17.8 Å². The van der Waals surface area contributed by atoms with Gasteiger partial charge in [-0.15, -0.1) is 0 Å². The van der Waals surface area contributed by atoms with E-state index in [2.05, 4.69) is 24.6 Å². The lowest BCUT2D eigenvalue weighted by atomic mass is 10.2. The molecule has 1 aromatic carbocycles. The van der Waals surface area contributed by atoms with Crippen LogP contribution in [0.1, 0.15) is 0 Å². The molecule has 124 valence electrons. The largest absolute Gasteiger partial charge is 0.335 e. The predicted molar refractivity (Wildman–Crippen MR) is 91.9 cm³/mol. The molecule has 3 rings (SSSR count). The Hall–Kier alpha value is -2.81. The van der Waals surface area contributed by atoms with Crippen LogP contribution in [0.15, 0.2) is 45.9 Å². The molecule has 2 N–H and O–H groups in total. The van der Waals surface area contributed by atoms with Gasteiger partial charge in [0.05, 0.1) is 16.6 Å². The summed E-state index contributed by atoms with van der Waals surface area (Å²) in [4.78, 5) is 22.3. The molecule has 0 saturated carbocycles. The average molecular weight is 347 g/mol. The number of fused-ring (bicyclic) bond motifs is 1. The summed E-state index contributed by atoms with van der Waals surface area (Å²) >= 11 is 0. The highest BCUT2D eigenvalue weighted by atomic mass is 32.2. The maximum absolute atomic E-state index is 14.5. The van der Waals surface area contributed by atoms with Gasteiger partial charge in [-0.05, 0) is 18.2 Å². The molecule has 9 heteroatoms. The number of nitrogens with one attached hydrogen (secondary N) is 2. The summed E-state index contributed by atoms with van der Waals surface area (Å²) in [7, 11) is -2.42. The second-order valence-corrected chi connectivity index (χ2v) is 7.90. The van der Waals surface area contributed by atoms with Gasteiger partial charge >= 0.3 is 0 Å². The van der Waals surface area contributed by atoms with E-state index in [-0.39, 0.29) is 28.1 Å². The van der Waals surface area contributed by atoms with E-state index in [9.17, 15) is 13.4 Å². The summed E-state index contributed by atoms with van der Waals surface area (Å²) in [6.07, 6.45) is 5.67. The maximum atomic E-state index is 14.5. The van der Waals surface area contributed by atoms with Crippen molar-refractivity contribution in [1.82, 2.24) is 15.0 Å². The Bertz CT molecular complexity index is 1090. The van der Waals surface area contributed by atoms with Gasteiger partial charge in [0, 0.05) is 34.5 Å². The van der Waals surface area contributed by atoms with Crippen molar-refractivity contribution in [3.05, 3.63) is 53.0 Å². The van der Waals surface area contributed by atoms with Crippen LogP contribution < -0.4 is 10.9 Å². The fraction of sp³-hybridized carbons (Fsp3) is 0.133. The third-order valence-electron chi connectivity index (χ3n) is 3.07. The molecule has 3 aromatic rings. The fourth-order valence-electron chi connectivity index (χ4n) is 2.18. The molecule has 0 amide bonds. The number of pyridine rings is 1. The zero-order chi connectivity index (χ0) is 17.3. The van der Waals surface area contributed by atoms with Crippen LogP contribution in [0.25, 0.3) is 10.9 Å². The van der Waals surface area contributed by atoms with Crippen LogP contribution in [0.4, 0.5) is 21.6 Å². The number of aromatic nitrogens is 3. The van der Waals surface area contributed by atoms with E-state index in [0.29, 0.717) is 5.52 Å². The van der Waals surface area contributed by atoms with Crippen molar-refractivity contribution in [1.29, 1.82) is 0 Å². The van der Waals surface area contributed by atoms with Crippen molar-refractivity contribution in [3.8, 4) is 0 Å². The first-order valence-electron chi connectivity index (χ1n) is 6.89. The number of benzene rings is 1. The van der Waals surface area contributed by atoms with Gasteiger partial charge in [-0.1, -0.05) is 0 Å². The smallest absolute Gasteiger partial charge is 0.271 e. The topological polar surface area (TPSA) is 100 Å². The lowest BCUT2D eigenvalue weighted by Gasteiger charge is -2.09. The van der Waals surface area contributed by atoms with E-state index in [1.807, 2.05) is 0 Å². The van der Waals surface area contributed by atoms with E-state index in [4.69, 9.17) is 0 Å². The lowest BCUT2D eigenvalue weighted by Crippen LogP contribution is -2.11. The number of hydrogen-bond donors (Lipinski definition) is 2. The Morgan fingerprint density at radius 3 is 2.79 bits per heavy atom. The van der Waals surface area contributed by atoms with Crippen molar-refractivity contribution >= 4 is 37.8 Å². The Morgan fingerprint density at radius 1 is 1.29 bits per heavy atom. The van der Waals surface area contributed by atoms with E-state index in [1.54, 1.807) is 12.1 Å². The van der Waals surface area contributed by atoms with Gasteiger partial charge in [-0.3, -0.25) is 4.79 Å². The minimum absolute atomic E-state index is 0.124. The van der Waals surface area contributed by atoms with Crippen LogP contribution in [0.2, 0.25) is 0 Å². The summed E-state index contributed by atoms with van der Waals surface area (Å²) in [5, 5.41) is 2.93. The van der Waals surface area contributed by atoms with Crippen molar-refractivity contribution < 1.29 is 8.60 Å². The number of aromatic amines is 1. The minimum Gasteiger partial charge on any atom is -0.335 e. The van der Waals surface area contributed by atoms with Gasteiger partial charge in [-0.25, -0.2) is 18.6 Å². The van der Waals surface area contributed by atoms with Crippen molar-refractivity contribution in [2.24, 2.45) is 4.36 Å². The quantitative estimate of drug-likeness (QED) is 0.758. The number of rotatable bonds is 3. The average Bonchev–Trinajstić information content (AvgIpc) is 2.47. The number of halogens is 1. The highest BCUT2D eigenvalue weighted by Gasteiger charge is 2.12. The van der Waals surface area contributed by atoms with E-state index in [1.165, 1.54) is 37.2 Å². The predicted octanol–water partition coefficient (Wildman–Crippen LogP) is 2.56. The molecule has 0 atom stereocenters. The first kappa shape index (κ1) is 16.1. The molecular weight excluding hydrogens is 333 g/mol. The molecule has 0 bridgehead atoms. The molecule has 2 heterocycles. The molecule has 0 unspecified atom stereocenters. The number of hydrogen-bond acceptors (Lipinski definition) is 6. The minimum atomic E-state index is -2.42. The van der Waals surface area contributed by atoms with Crippen LogP contribution in [-0.2, 0) is 9.73 Å². The Labute approximate surface area is 137 Å². The standard InChI is InChI=1S/C15H14FN5O2S/c1-24(2,23)21-9-6-10(16)13-12(7-9)18-8-19-14(13)20-11-4-3-5-17-15(11)22/h3-8H,1-2H3,(H,17,22)(H,18,19,20). The van der Waals surface area contributed by atoms with Crippen molar-refractivity contribution in [3.63, 3.8) is 0 Å². The van der Waals surface area contributed by atoms with Crippen LogP contribution >= 0.6 is 0 Å². The Balaban J connectivity index is 2.16. The van der Waals surface area contributed by atoms with Crippen molar-refractivity contribution in [2.45, 2.75) is 0 Å². The van der Waals surface area contributed by atoms with Gasteiger partial charge in [0.1, 0.15) is 23.6 Å². The summed E-state index contributed by atoms with van der Waals surface area (Å²) in [6, 6.07) is 5.88. The van der Waals surface area contributed by atoms with Gasteiger partial charge in [0.15, 0.2) is 0 Å². The summed E-state index contributed by atoms with van der Waals surface area (Å²) in [6.45, 7) is 0. The molecule has 2 aromatic heterocycles. The van der Waals surface area contributed by atoms with E-state index in [0.717, 1.165) is 0 Å². The summed E-state index contributed by atoms with van der Waals surface area (Å²) in [5.74, 6) is -0.458. The normalized spacial score (nSPS) is 11.5. The third kappa shape index (κ3) is 3.40. The lowest BCUT2D eigenvalue weighted by molar-refractivity contribution is 0.640. The van der Waals surface area contributed by atoms with Crippen LogP contribution in [0.3, 0.4) is 0 Å². The molecule has 7 nitrogen and oxygen atoms in total. The summed E-state index contributed by atoms with van der Waals surface area (Å²) in [5.41, 5.74) is 0.406. The number of anilines is 2. The Morgan fingerprint density at radius 2 is 2.08 bits per heavy atom. The molecular formula is C15H14FN5O2S. The third-order valence-corrected chi connectivity index (χ3v) is 3.72. The summed E-state index contributed by atoms with van der Waals surface area (Å²) < 4.78 is 30.3. The first-order chi connectivity index (χ1) is 11.3. The van der Waals surface area contributed by atoms with Gasteiger partial charge in [0.25, 0.3) is 5.56 Å². The first-order valence-corrected chi connectivity index (χ1v) is 9.23. The van der Waals surface area contributed by atoms with Gasteiger partial charge in [-0.2, -0.15) is 4.36 Å². The van der Waals surface area contributed by atoms with Crippen LogP contribution in [0.5, 0.6) is 0 Å². The number of nitrogens with zero attached hydrogens (tertiary/aromatic N) is 3. The van der Waals surface area contributed by atoms with Gasteiger partial charge in [0.2, 0.25) is 0 Å². The van der Waals surface area contributed by atoms with Gasteiger partial charge < -0.3 is 10.3 Å². The monoisotopic (exact) mass is 347 g/mol. The highest BCUT2D eigenvalue weighted by molar-refractivity contribution is 7.92. The van der Waals surface area contributed by atoms with Crippen LogP contribution in [-0.4, -0.2) is 31.7 Å². The fourth-order valence-corrected chi connectivity index (χ4v) is 2.79. The molecule has 0 radical (unpaired) electrons. The second kappa shape index (κ2) is 6.00.